The Labute approximate surface area is 181 Å². The standard InChI is InChI=1S/C25H26FNO4/c1-17-23(13-12-21(28)14-22(29)15-25(30)31-2)24(18-8-10-19(26)11-9-18)16-27(17)20-6-4-3-5-7-20/h3-13,16,21-22,28-29H,14-15H2,1-2H3/b13-12+. The van der Waals surface area contributed by atoms with Crippen LogP contribution >= 0.6 is 0 Å². The van der Waals surface area contributed by atoms with E-state index in [1.165, 1.54) is 19.2 Å². The first kappa shape index (κ1) is 22.5. The number of aliphatic hydroxyl groups excluding tert-OH is 2. The first-order chi connectivity index (χ1) is 14.9. The van der Waals surface area contributed by atoms with Gasteiger partial charge in [0, 0.05) is 35.1 Å². The van der Waals surface area contributed by atoms with E-state index in [0.717, 1.165) is 28.1 Å². The lowest BCUT2D eigenvalue weighted by atomic mass is 10.0. The molecule has 31 heavy (non-hydrogen) atoms. The van der Waals surface area contributed by atoms with E-state index in [0.29, 0.717) is 0 Å². The van der Waals surface area contributed by atoms with Crippen LogP contribution in [0.4, 0.5) is 4.39 Å². The molecule has 0 aliphatic carbocycles. The average Bonchev–Trinajstić information content (AvgIpc) is 3.09. The second-order valence-corrected chi connectivity index (χ2v) is 7.35. The molecule has 3 aromatic rings. The van der Waals surface area contributed by atoms with E-state index in [4.69, 9.17) is 0 Å². The summed E-state index contributed by atoms with van der Waals surface area (Å²) in [5, 5.41) is 20.3. The maximum Gasteiger partial charge on any atom is 0.308 e. The second kappa shape index (κ2) is 10.2. The van der Waals surface area contributed by atoms with Crippen molar-refractivity contribution in [1.29, 1.82) is 0 Å². The molecule has 0 radical (unpaired) electrons. The van der Waals surface area contributed by atoms with Gasteiger partial charge < -0.3 is 19.5 Å². The third-order valence-corrected chi connectivity index (χ3v) is 5.12. The van der Waals surface area contributed by atoms with E-state index in [1.807, 2.05) is 48.0 Å². The molecule has 2 unspecified atom stereocenters. The van der Waals surface area contributed by atoms with Crippen LogP contribution in [0.2, 0.25) is 0 Å². The highest BCUT2D eigenvalue weighted by Crippen LogP contribution is 2.31. The molecular weight excluding hydrogens is 397 g/mol. The number of hydrogen-bond donors (Lipinski definition) is 2. The minimum Gasteiger partial charge on any atom is -0.469 e. The monoisotopic (exact) mass is 423 g/mol. The lowest BCUT2D eigenvalue weighted by molar-refractivity contribution is -0.143. The van der Waals surface area contributed by atoms with Crippen LogP contribution in [-0.4, -0.2) is 40.1 Å². The molecule has 0 aliphatic rings. The van der Waals surface area contributed by atoms with Crippen LogP contribution < -0.4 is 0 Å². The number of esters is 1. The van der Waals surface area contributed by atoms with E-state index in [9.17, 15) is 19.4 Å². The zero-order chi connectivity index (χ0) is 22.4. The summed E-state index contributed by atoms with van der Waals surface area (Å²) in [6, 6.07) is 16.1. The number of benzene rings is 2. The molecule has 0 fully saturated rings. The summed E-state index contributed by atoms with van der Waals surface area (Å²) in [5.41, 5.74) is 4.54. The van der Waals surface area contributed by atoms with Gasteiger partial charge in [0.25, 0.3) is 0 Å². The average molecular weight is 423 g/mol. The lowest BCUT2D eigenvalue weighted by Gasteiger charge is -2.12. The van der Waals surface area contributed by atoms with E-state index >= 15 is 0 Å². The molecule has 1 aromatic heterocycles. The second-order valence-electron chi connectivity index (χ2n) is 7.35. The highest BCUT2D eigenvalue weighted by molar-refractivity contribution is 5.78. The maximum absolute atomic E-state index is 13.4. The van der Waals surface area contributed by atoms with Crippen LogP contribution in [0.5, 0.6) is 0 Å². The Hall–Kier alpha value is -3.22. The van der Waals surface area contributed by atoms with Gasteiger partial charge in [-0.2, -0.15) is 0 Å². The van der Waals surface area contributed by atoms with Crippen molar-refractivity contribution >= 4 is 12.0 Å². The van der Waals surface area contributed by atoms with Crippen LogP contribution in [0.3, 0.4) is 0 Å². The van der Waals surface area contributed by atoms with Crippen molar-refractivity contribution in [3.63, 3.8) is 0 Å². The van der Waals surface area contributed by atoms with Crippen molar-refractivity contribution < 1.29 is 24.1 Å². The van der Waals surface area contributed by atoms with Crippen molar-refractivity contribution in [1.82, 2.24) is 4.57 Å². The summed E-state index contributed by atoms with van der Waals surface area (Å²) < 4.78 is 20.0. The summed E-state index contributed by atoms with van der Waals surface area (Å²) in [4.78, 5) is 11.3. The molecule has 2 aromatic carbocycles. The van der Waals surface area contributed by atoms with Gasteiger partial charge >= 0.3 is 5.97 Å². The fourth-order valence-corrected chi connectivity index (χ4v) is 3.47. The largest absolute Gasteiger partial charge is 0.469 e. The SMILES string of the molecule is COC(=O)CC(O)CC(O)/C=C/c1c(-c2ccc(F)cc2)cn(-c2ccccc2)c1C. The van der Waals surface area contributed by atoms with Crippen LogP contribution in [-0.2, 0) is 9.53 Å². The van der Waals surface area contributed by atoms with Gasteiger partial charge in [0.05, 0.1) is 25.7 Å². The predicted octanol–water partition coefficient (Wildman–Crippen LogP) is 4.28. The number of ether oxygens (including phenoxy) is 1. The van der Waals surface area contributed by atoms with Gasteiger partial charge in [0.1, 0.15) is 5.82 Å². The van der Waals surface area contributed by atoms with E-state index in [-0.39, 0.29) is 18.7 Å². The van der Waals surface area contributed by atoms with Gasteiger partial charge in [0.2, 0.25) is 0 Å². The van der Waals surface area contributed by atoms with Crippen LogP contribution in [0.15, 0.2) is 66.9 Å². The van der Waals surface area contributed by atoms with E-state index in [1.54, 1.807) is 24.3 Å². The number of carbonyl (C=O) groups is 1. The van der Waals surface area contributed by atoms with E-state index < -0.39 is 18.2 Å². The molecular formula is C25H26FNO4. The first-order valence-electron chi connectivity index (χ1n) is 10.0. The fraction of sp³-hybridized carbons (Fsp3) is 0.240. The maximum atomic E-state index is 13.4. The van der Waals surface area contributed by atoms with Crippen molar-refractivity contribution in [3.05, 3.63) is 83.9 Å². The molecule has 0 aliphatic heterocycles. The molecule has 0 spiro atoms. The summed E-state index contributed by atoms with van der Waals surface area (Å²) in [7, 11) is 1.25. The topological polar surface area (TPSA) is 71.7 Å². The number of hydrogen-bond acceptors (Lipinski definition) is 4. The summed E-state index contributed by atoms with van der Waals surface area (Å²) in [6.45, 7) is 1.97. The lowest BCUT2D eigenvalue weighted by Crippen LogP contribution is -2.20. The Bertz CT molecular complexity index is 1040. The van der Waals surface area contributed by atoms with Gasteiger partial charge in [-0.25, -0.2) is 4.39 Å². The van der Waals surface area contributed by atoms with Crippen LogP contribution in [0, 0.1) is 12.7 Å². The van der Waals surface area contributed by atoms with Crippen molar-refractivity contribution in [3.8, 4) is 16.8 Å². The van der Waals surface area contributed by atoms with Gasteiger partial charge in [-0.3, -0.25) is 4.79 Å². The van der Waals surface area contributed by atoms with E-state index in [2.05, 4.69) is 4.74 Å². The third kappa shape index (κ3) is 5.69. The minimum absolute atomic E-state index is 0.00984. The number of para-hydroxylation sites is 1. The summed E-state index contributed by atoms with van der Waals surface area (Å²) in [6.07, 6.45) is 3.25. The molecule has 0 bridgehead atoms. The summed E-state index contributed by atoms with van der Waals surface area (Å²) in [5.74, 6) is -0.840. The Morgan fingerprint density at radius 3 is 2.45 bits per heavy atom. The normalized spacial score (nSPS) is 13.3. The number of halogens is 1. The van der Waals surface area contributed by atoms with Gasteiger partial charge in [-0.05, 0) is 36.8 Å². The first-order valence-corrected chi connectivity index (χ1v) is 10.0. The molecule has 5 nitrogen and oxygen atoms in total. The Kier molecular flexibility index (Phi) is 7.39. The predicted molar refractivity (Wildman–Crippen MR) is 118 cm³/mol. The van der Waals surface area contributed by atoms with Gasteiger partial charge in [-0.15, -0.1) is 0 Å². The smallest absolute Gasteiger partial charge is 0.308 e. The number of carbonyl (C=O) groups excluding carboxylic acids is 1. The highest BCUT2D eigenvalue weighted by atomic mass is 19.1. The molecule has 1 heterocycles. The minimum atomic E-state index is -1.00. The number of aromatic nitrogens is 1. The van der Waals surface area contributed by atoms with Crippen molar-refractivity contribution in [2.75, 3.05) is 7.11 Å². The van der Waals surface area contributed by atoms with Crippen LogP contribution in [0.25, 0.3) is 22.9 Å². The van der Waals surface area contributed by atoms with Gasteiger partial charge in [0.15, 0.2) is 0 Å². The molecule has 3 rings (SSSR count). The number of nitrogens with zero attached hydrogens (tertiary/aromatic N) is 1. The Morgan fingerprint density at radius 2 is 1.81 bits per heavy atom. The number of rotatable bonds is 8. The Balaban J connectivity index is 1.92. The zero-order valence-corrected chi connectivity index (χ0v) is 17.5. The molecule has 0 saturated carbocycles. The third-order valence-electron chi connectivity index (χ3n) is 5.12. The number of methoxy groups -OCH3 is 1. The zero-order valence-electron chi connectivity index (χ0n) is 17.5. The fourth-order valence-electron chi connectivity index (χ4n) is 3.47. The number of aliphatic hydroxyl groups is 2. The summed E-state index contributed by atoms with van der Waals surface area (Å²) >= 11 is 0. The molecule has 0 saturated heterocycles. The molecule has 2 N–H and O–H groups in total. The molecule has 0 amide bonds. The van der Waals surface area contributed by atoms with Gasteiger partial charge in [-0.1, -0.05) is 42.5 Å². The quantitative estimate of drug-likeness (QED) is 0.531. The molecule has 162 valence electrons. The van der Waals surface area contributed by atoms with Crippen LogP contribution in [0.1, 0.15) is 24.1 Å². The molecule has 6 heteroatoms. The highest BCUT2D eigenvalue weighted by Gasteiger charge is 2.16. The molecule has 2 atom stereocenters. The van der Waals surface area contributed by atoms with Crippen molar-refractivity contribution in [2.24, 2.45) is 0 Å². The Morgan fingerprint density at radius 1 is 1.13 bits per heavy atom. The van der Waals surface area contributed by atoms with Crippen molar-refractivity contribution in [2.45, 2.75) is 32.0 Å².